The fourth-order valence-corrected chi connectivity index (χ4v) is 3.99. The first-order valence-corrected chi connectivity index (χ1v) is 10.4. The summed E-state index contributed by atoms with van der Waals surface area (Å²) < 4.78 is 6.91. The summed E-state index contributed by atoms with van der Waals surface area (Å²) in [4.78, 5) is 2.37. The first kappa shape index (κ1) is 23.9. The molecule has 1 atom stereocenters. The normalized spacial score (nSPS) is 12.2. The third-order valence-electron chi connectivity index (χ3n) is 5.57. The zero-order valence-corrected chi connectivity index (χ0v) is 18.7. The predicted octanol–water partition coefficient (Wildman–Crippen LogP) is 6.31. The van der Waals surface area contributed by atoms with Gasteiger partial charge in [0.2, 0.25) is 0 Å². The quantitative estimate of drug-likeness (QED) is 0.281. The monoisotopic (exact) mass is 421 g/mol. The number of halogens is 1. The summed E-state index contributed by atoms with van der Waals surface area (Å²) in [6.07, 6.45) is 2.00. The molecular formula is C27H32ClNO. The molecular weight excluding hydrogens is 390 g/mol. The van der Waals surface area contributed by atoms with E-state index in [0.717, 1.165) is 29.8 Å². The van der Waals surface area contributed by atoms with Gasteiger partial charge in [0.05, 0.1) is 12.6 Å². The van der Waals surface area contributed by atoms with Crippen molar-refractivity contribution < 1.29 is 4.74 Å². The van der Waals surface area contributed by atoms with Gasteiger partial charge in [0.25, 0.3) is 0 Å². The molecule has 0 amide bonds. The van der Waals surface area contributed by atoms with Crippen LogP contribution >= 0.6 is 12.4 Å². The lowest BCUT2D eigenvalue weighted by Crippen LogP contribution is -2.41. The van der Waals surface area contributed by atoms with E-state index in [-0.39, 0.29) is 18.4 Å². The van der Waals surface area contributed by atoms with Crippen LogP contribution in [0.1, 0.15) is 30.5 Å². The average molecular weight is 422 g/mol. The lowest BCUT2D eigenvalue weighted by Gasteiger charge is -2.38. The fourth-order valence-electron chi connectivity index (χ4n) is 3.99. The minimum Gasteiger partial charge on any atom is -0.359 e. The molecule has 30 heavy (non-hydrogen) atoms. The van der Waals surface area contributed by atoms with E-state index < -0.39 is 5.60 Å². The lowest BCUT2D eigenvalue weighted by atomic mass is 9.80. The summed E-state index contributed by atoms with van der Waals surface area (Å²) in [5.41, 5.74) is 2.69. The van der Waals surface area contributed by atoms with E-state index in [0.29, 0.717) is 6.61 Å². The van der Waals surface area contributed by atoms with E-state index >= 15 is 0 Å². The van der Waals surface area contributed by atoms with Gasteiger partial charge in [-0.25, -0.2) is 0 Å². The van der Waals surface area contributed by atoms with Crippen molar-refractivity contribution in [2.45, 2.75) is 25.5 Å². The van der Waals surface area contributed by atoms with Gasteiger partial charge in [0.1, 0.15) is 5.60 Å². The molecule has 0 aliphatic heterocycles. The van der Waals surface area contributed by atoms with Crippen LogP contribution in [0, 0.1) is 0 Å². The molecule has 0 saturated carbocycles. The molecule has 3 aromatic carbocycles. The van der Waals surface area contributed by atoms with Crippen molar-refractivity contribution in [3.8, 4) is 0 Å². The van der Waals surface area contributed by atoms with Crippen LogP contribution in [0.4, 0.5) is 0 Å². The molecule has 2 nitrogen and oxygen atoms in total. The van der Waals surface area contributed by atoms with E-state index in [1.807, 2.05) is 24.3 Å². The Labute approximate surface area is 187 Å². The SMILES string of the molecule is C=CC(COC(c1ccccc1)(c1ccccc1)c1ccccc1)N(CC)CC.Cl. The summed E-state index contributed by atoms with van der Waals surface area (Å²) >= 11 is 0. The van der Waals surface area contributed by atoms with Gasteiger partial charge in [0.15, 0.2) is 0 Å². The maximum absolute atomic E-state index is 6.91. The van der Waals surface area contributed by atoms with Gasteiger partial charge in [-0.2, -0.15) is 0 Å². The predicted molar refractivity (Wildman–Crippen MR) is 129 cm³/mol. The highest BCUT2D eigenvalue weighted by molar-refractivity contribution is 5.85. The Kier molecular flexibility index (Phi) is 9.32. The average Bonchev–Trinajstić information content (AvgIpc) is 2.81. The smallest absolute Gasteiger partial charge is 0.143 e. The van der Waals surface area contributed by atoms with Gasteiger partial charge in [-0.15, -0.1) is 19.0 Å². The highest BCUT2D eigenvalue weighted by Crippen LogP contribution is 2.40. The molecule has 0 aromatic heterocycles. The first-order valence-electron chi connectivity index (χ1n) is 10.4. The van der Waals surface area contributed by atoms with Crippen molar-refractivity contribution in [1.29, 1.82) is 0 Å². The number of hydrogen-bond acceptors (Lipinski definition) is 2. The van der Waals surface area contributed by atoms with E-state index in [9.17, 15) is 0 Å². The highest BCUT2D eigenvalue weighted by atomic mass is 35.5. The minimum absolute atomic E-state index is 0. The number of nitrogens with zero attached hydrogens (tertiary/aromatic N) is 1. The van der Waals surface area contributed by atoms with Crippen LogP contribution in [0.3, 0.4) is 0 Å². The van der Waals surface area contributed by atoms with Crippen molar-refractivity contribution in [3.63, 3.8) is 0 Å². The molecule has 0 bridgehead atoms. The van der Waals surface area contributed by atoms with E-state index in [1.54, 1.807) is 0 Å². The summed E-state index contributed by atoms with van der Waals surface area (Å²) in [6, 6.07) is 31.7. The Bertz CT molecular complexity index is 766. The molecule has 0 radical (unpaired) electrons. The molecule has 1 unspecified atom stereocenters. The van der Waals surface area contributed by atoms with Crippen LogP contribution in [-0.4, -0.2) is 30.6 Å². The van der Waals surface area contributed by atoms with Crippen molar-refractivity contribution in [2.75, 3.05) is 19.7 Å². The minimum atomic E-state index is -0.682. The summed E-state index contributed by atoms with van der Waals surface area (Å²) in [5.74, 6) is 0. The molecule has 3 aromatic rings. The second-order valence-corrected chi connectivity index (χ2v) is 7.11. The third kappa shape index (κ3) is 5.02. The number of benzene rings is 3. The zero-order chi connectivity index (χ0) is 20.5. The van der Waals surface area contributed by atoms with Gasteiger partial charge in [-0.05, 0) is 29.8 Å². The number of likely N-dealkylation sites (N-methyl/N-ethyl adjacent to an activating group) is 1. The Balaban J connectivity index is 0.00000320. The number of hydrogen-bond donors (Lipinski definition) is 0. The summed E-state index contributed by atoms with van der Waals surface area (Å²) in [7, 11) is 0. The number of ether oxygens (including phenoxy) is 1. The van der Waals surface area contributed by atoms with Crippen molar-refractivity contribution >= 4 is 12.4 Å². The maximum atomic E-state index is 6.91. The second kappa shape index (κ2) is 11.7. The molecule has 0 N–H and O–H groups in total. The number of rotatable bonds is 10. The van der Waals surface area contributed by atoms with E-state index in [4.69, 9.17) is 4.74 Å². The van der Waals surface area contributed by atoms with Crippen LogP contribution in [0.2, 0.25) is 0 Å². The molecule has 3 heteroatoms. The largest absolute Gasteiger partial charge is 0.359 e. The van der Waals surface area contributed by atoms with E-state index in [1.165, 1.54) is 0 Å². The lowest BCUT2D eigenvalue weighted by molar-refractivity contribution is -0.0121. The standard InChI is InChI=1S/C27H31NO.ClH/c1-4-26(28(5-2)6-3)22-29-27(23-16-10-7-11-17-23,24-18-12-8-13-19-24)25-20-14-9-15-21-25;/h4,7-21,26H,1,5-6,22H2,2-3H3;1H. The second-order valence-electron chi connectivity index (χ2n) is 7.11. The van der Waals surface area contributed by atoms with Crippen LogP contribution in [-0.2, 0) is 10.3 Å². The van der Waals surface area contributed by atoms with Gasteiger partial charge in [0, 0.05) is 0 Å². The summed E-state index contributed by atoms with van der Waals surface area (Å²) in [6.45, 7) is 10.9. The van der Waals surface area contributed by atoms with E-state index in [2.05, 4.69) is 98.1 Å². The van der Waals surface area contributed by atoms with Crippen molar-refractivity contribution in [3.05, 3.63) is 120 Å². The van der Waals surface area contributed by atoms with Gasteiger partial charge < -0.3 is 4.74 Å². The third-order valence-corrected chi connectivity index (χ3v) is 5.57. The molecule has 0 aliphatic carbocycles. The van der Waals surface area contributed by atoms with Crippen LogP contribution in [0.15, 0.2) is 104 Å². The Hall–Kier alpha value is -2.39. The summed E-state index contributed by atoms with van der Waals surface area (Å²) in [5, 5.41) is 0. The Morgan fingerprint density at radius 1 is 0.767 bits per heavy atom. The maximum Gasteiger partial charge on any atom is 0.143 e. The molecule has 158 valence electrons. The molecule has 0 aliphatic rings. The Morgan fingerprint density at radius 2 is 1.13 bits per heavy atom. The zero-order valence-electron chi connectivity index (χ0n) is 17.9. The molecule has 0 spiro atoms. The topological polar surface area (TPSA) is 12.5 Å². The fraction of sp³-hybridized carbons (Fsp3) is 0.259. The van der Waals surface area contributed by atoms with Crippen LogP contribution in [0.5, 0.6) is 0 Å². The first-order chi connectivity index (χ1) is 14.3. The van der Waals surface area contributed by atoms with Crippen LogP contribution < -0.4 is 0 Å². The van der Waals surface area contributed by atoms with Crippen molar-refractivity contribution in [2.24, 2.45) is 0 Å². The molecule has 0 saturated heterocycles. The van der Waals surface area contributed by atoms with Crippen molar-refractivity contribution in [1.82, 2.24) is 4.90 Å². The van der Waals surface area contributed by atoms with Crippen LogP contribution in [0.25, 0.3) is 0 Å². The van der Waals surface area contributed by atoms with Gasteiger partial charge in [-0.1, -0.05) is 111 Å². The Morgan fingerprint density at radius 3 is 1.43 bits per heavy atom. The molecule has 0 fully saturated rings. The van der Waals surface area contributed by atoms with Gasteiger partial charge >= 0.3 is 0 Å². The highest BCUT2D eigenvalue weighted by Gasteiger charge is 2.38. The van der Waals surface area contributed by atoms with Gasteiger partial charge in [-0.3, -0.25) is 4.90 Å². The molecule has 0 heterocycles. The molecule has 3 rings (SSSR count).